The van der Waals surface area contributed by atoms with E-state index in [1.54, 1.807) is 36.5 Å². The minimum Gasteiger partial charge on any atom is -0.377 e. The molecule has 2 atom stereocenters. The van der Waals surface area contributed by atoms with Crippen LogP contribution >= 0.6 is 23.2 Å². The number of likely N-dealkylation sites (tertiary alicyclic amines) is 1. The third-order valence-corrected chi connectivity index (χ3v) is 8.49. The number of piperidine rings is 1. The summed E-state index contributed by atoms with van der Waals surface area (Å²) in [4.78, 5) is 31.7. The molecule has 1 amide bonds. The van der Waals surface area contributed by atoms with Crippen molar-refractivity contribution in [2.24, 2.45) is 9.98 Å². The second-order valence-electron chi connectivity index (χ2n) is 10.5. The van der Waals surface area contributed by atoms with Gasteiger partial charge in [0.05, 0.1) is 17.3 Å². The van der Waals surface area contributed by atoms with Gasteiger partial charge < -0.3 is 14.9 Å². The van der Waals surface area contributed by atoms with Crippen molar-refractivity contribution >= 4 is 46.5 Å². The van der Waals surface area contributed by atoms with Crippen molar-refractivity contribution in [2.75, 3.05) is 44.2 Å². The fourth-order valence-corrected chi connectivity index (χ4v) is 6.13. The molecular weight excluding hydrogens is 580 g/mol. The lowest BCUT2D eigenvalue weighted by Gasteiger charge is -2.47. The Balaban J connectivity index is 1.19. The van der Waals surface area contributed by atoms with E-state index in [0.29, 0.717) is 46.1 Å². The quantitative estimate of drug-likeness (QED) is 0.512. The Morgan fingerprint density at radius 3 is 2.46 bits per heavy atom. The summed E-state index contributed by atoms with van der Waals surface area (Å²) in [6, 6.07) is 9.30. The Morgan fingerprint density at radius 2 is 1.83 bits per heavy atom. The maximum Gasteiger partial charge on any atom is 0.421 e. The monoisotopic (exact) mass is 610 g/mol. The largest absolute Gasteiger partial charge is 0.421 e. The topological polar surface area (TPSA) is 84.6 Å². The Morgan fingerprint density at radius 1 is 1.12 bits per heavy atom. The van der Waals surface area contributed by atoms with Gasteiger partial charge in [-0.25, -0.2) is 9.98 Å². The summed E-state index contributed by atoms with van der Waals surface area (Å²) in [5.74, 6) is -0.00854. The minimum absolute atomic E-state index is 0.0315. The van der Waals surface area contributed by atoms with Crippen LogP contribution in [0.25, 0.3) is 0 Å². The zero-order chi connectivity index (χ0) is 29.3. The Labute approximate surface area is 246 Å². The molecule has 0 spiro atoms. The van der Waals surface area contributed by atoms with Gasteiger partial charge in [-0.05, 0) is 49.6 Å². The van der Waals surface area contributed by atoms with Gasteiger partial charge in [-0.2, -0.15) is 13.2 Å². The number of carbonyl (C=O) groups excluding carboxylic acids is 1. The molecular formula is C28H31Cl2F3N6O2. The van der Waals surface area contributed by atoms with E-state index in [1.165, 1.54) is 0 Å². The van der Waals surface area contributed by atoms with E-state index in [1.807, 2.05) is 4.90 Å². The van der Waals surface area contributed by atoms with Crippen molar-refractivity contribution in [1.29, 1.82) is 0 Å². The van der Waals surface area contributed by atoms with Crippen LogP contribution in [0.15, 0.2) is 46.5 Å². The number of nitrogens with zero attached hydrogens (tertiary/aromatic N) is 6. The van der Waals surface area contributed by atoms with E-state index in [4.69, 9.17) is 23.2 Å². The number of piperazine rings is 1. The van der Waals surface area contributed by atoms with Crippen molar-refractivity contribution in [3.8, 4) is 0 Å². The molecule has 220 valence electrons. The Hall–Kier alpha value is -2.73. The van der Waals surface area contributed by atoms with Gasteiger partial charge in [0.25, 0.3) is 5.91 Å². The number of rotatable bonds is 6. The first-order valence-electron chi connectivity index (χ1n) is 13.6. The van der Waals surface area contributed by atoms with Crippen LogP contribution in [0.2, 0.25) is 10.0 Å². The van der Waals surface area contributed by atoms with Gasteiger partial charge in [0.1, 0.15) is 5.82 Å². The van der Waals surface area contributed by atoms with E-state index in [0.717, 1.165) is 38.9 Å². The SMILES string of the molecule is CC[C@H]1CN(c2ncc(C3=NC(C(O)C(F)(F)F)=NC3)cc2Cl)CCN1C1CCN(C(=O)c2ccc(Cl)cc2)CC1. The van der Waals surface area contributed by atoms with Crippen molar-refractivity contribution in [2.45, 2.75) is 50.6 Å². The molecule has 1 aromatic carbocycles. The van der Waals surface area contributed by atoms with Crippen LogP contribution in [0, 0.1) is 0 Å². The molecule has 0 radical (unpaired) electrons. The number of pyridine rings is 1. The fraction of sp³-hybridized carbons (Fsp3) is 0.500. The van der Waals surface area contributed by atoms with Gasteiger partial charge in [0.15, 0.2) is 5.84 Å². The number of alkyl halides is 3. The lowest BCUT2D eigenvalue weighted by atomic mass is 9.97. The predicted molar refractivity (Wildman–Crippen MR) is 154 cm³/mol. The number of aliphatic imine (C=N–C) groups is 2. The van der Waals surface area contributed by atoms with Crippen molar-refractivity contribution < 1.29 is 23.1 Å². The average Bonchev–Trinajstić information content (AvgIpc) is 3.46. The number of amides is 1. The zero-order valence-electron chi connectivity index (χ0n) is 22.5. The lowest BCUT2D eigenvalue weighted by Crippen LogP contribution is -2.58. The number of aromatic nitrogens is 1. The number of aliphatic hydroxyl groups excluding tert-OH is 1. The van der Waals surface area contributed by atoms with E-state index in [9.17, 15) is 23.1 Å². The highest BCUT2D eigenvalue weighted by Crippen LogP contribution is 2.31. The molecule has 2 aromatic rings. The van der Waals surface area contributed by atoms with E-state index < -0.39 is 18.1 Å². The predicted octanol–water partition coefficient (Wildman–Crippen LogP) is 4.72. The highest BCUT2D eigenvalue weighted by molar-refractivity contribution is 6.33. The van der Waals surface area contributed by atoms with Crippen molar-refractivity contribution in [1.82, 2.24) is 14.8 Å². The van der Waals surface area contributed by atoms with E-state index in [-0.39, 0.29) is 24.2 Å². The van der Waals surface area contributed by atoms with Gasteiger partial charge >= 0.3 is 6.18 Å². The summed E-state index contributed by atoms with van der Waals surface area (Å²) >= 11 is 12.6. The number of amidine groups is 1. The first-order valence-corrected chi connectivity index (χ1v) is 14.4. The van der Waals surface area contributed by atoms with Crippen LogP contribution in [-0.2, 0) is 0 Å². The fourth-order valence-electron chi connectivity index (χ4n) is 5.72. The van der Waals surface area contributed by atoms with E-state index >= 15 is 0 Å². The summed E-state index contributed by atoms with van der Waals surface area (Å²) in [5, 5.41) is 10.4. The number of hydrogen-bond donors (Lipinski definition) is 1. The second kappa shape index (κ2) is 12.2. The van der Waals surface area contributed by atoms with Gasteiger partial charge in [0.2, 0.25) is 6.10 Å². The van der Waals surface area contributed by atoms with Crippen LogP contribution in [0.4, 0.5) is 19.0 Å². The molecule has 2 fully saturated rings. The molecule has 2 saturated heterocycles. The molecule has 5 rings (SSSR count). The Kier molecular flexibility index (Phi) is 8.89. The third kappa shape index (κ3) is 6.53. The molecule has 8 nitrogen and oxygen atoms in total. The normalized spacial score (nSPS) is 21.6. The molecule has 0 aliphatic carbocycles. The summed E-state index contributed by atoms with van der Waals surface area (Å²) < 4.78 is 38.5. The number of benzene rings is 1. The molecule has 0 saturated carbocycles. The number of anilines is 1. The standard InChI is InChI=1S/C28H31Cl2F3N6O2/c1-2-20-16-38(26-22(30)13-18(14-35-26)23-15-34-25(36-23)24(40)28(31,32)33)11-12-39(20)21-7-9-37(10-8-21)27(41)17-3-5-19(29)6-4-17/h3-6,13-14,20-21,24,40H,2,7-12,15-16H2,1H3/t20-,24?/m0/s1. The molecule has 0 bridgehead atoms. The molecule has 4 heterocycles. The molecule has 1 aromatic heterocycles. The van der Waals surface area contributed by atoms with Crippen LogP contribution in [-0.4, -0.2) is 101 Å². The number of hydrogen-bond acceptors (Lipinski definition) is 7. The maximum absolute atomic E-state index is 12.9. The molecule has 3 aliphatic heterocycles. The zero-order valence-corrected chi connectivity index (χ0v) is 24.0. The molecule has 41 heavy (non-hydrogen) atoms. The second-order valence-corrected chi connectivity index (χ2v) is 11.3. The van der Waals surface area contributed by atoms with Crippen LogP contribution in [0.3, 0.4) is 0 Å². The molecule has 1 unspecified atom stereocenters. The van der Waals surface area contributed by atoms with Crippen LogP contribution < -0.4 is 4.90 Å². The van der Waals surface area contributed by atoms with Crippen molar-refractivity contribution in [3.05, 3.63) is 57.7 Å². The average molecular weight is 611 g/mol. The minimum atomic E-state index is -4.83. The molecule has 1 N–H and O–H groups in total. The molecule has 3 aliphatic rings. The first kappa shape index (κ1) is 29.8. The summed E-state index contributed by atoms with van der Waals surface area (Å²) in [6.45, 7) is 5.76. The van der Waals surface area contributed by atoms with Crippen molar-refractivity contribution in [3.63, 3.8) is 0 Å². The number of halogens is 5. The summed E-state index contributed by atoms with van der Waals surface area (Å²) in [7, 11) is 0. The first-order chi connectivity index (χ1) is 19.5. The van der Waals surface area contributed by atoms with Gasteiger partial charge in [0, 0.05) is 67.2 Å². The maximum atomic E-state index is 12.9. The smallest absolute Gasteiger partial charge is 0.377 e. The highest BCUT2D eigenvalue weighted by Gasteiger charge is 2.43. The third-order valence-electron chi connectivity index (χ3n) is 7.96. The Bertz CT molecular complexity index is 1330. The van der Waals surface area contributed by atoms with Gasteiger partial charge in [-0.1, -0.05) is 30.1 Å². The van der Waals surface area contributed by atoms with Gasteiger partial charge in [-0.15, -0.1) is 0 Å². The summed E-state index contributed by atoms with van der Waals surface area (Å²) in [5.41, 5.74) is 1.40. The number of aliphatic hydroxyl groups is 1. The van der Waals surface area contributed by atoms with Gasteiger partial charge in [-0.3, -0.25) is 14.7 Å². The molecule has 13 heteroatoms. The lowest BCUT2D eigenvalue weighted by molar-refractivity contribution is -0.181. The van der Waals surface area contributed by atoms with Crippen LogP contribution in [0.1, 0.15) is 42.1 Å². The number of carbonyl (C=O) groups is 1. The van der Waals surface area contributed by atoms with Crippen LogP contribution in [0.5, 0.6) is 0 Å². The van der Waals surface area contributed by atoms with E-state index in [2.05, 4.69) is 31.7 Å². The highest BCUT2D eigenvalue weighted by atomic mass is 35.5. The summed E-state index contributed by atoms with van der Waals surface area (Å²) in [6.07, 6.45) is -3.27.